The number of sulfonamides is 1. The Kier molecular flexibility index (Phi) is 7.97. The van der Waals surface area contributed by atoms with E-state index >= 15 is 0 Å². The number of amides is 1. The van der Waals surface area contributed by atoms with E-state index in [1.807, 2.05) is 6.92 Å². The highest BCUT2D eigenvalue weighted by atomic mass is 32.2. The highest BCUT2D eigenvalue weighted by Gasteiger charge is 2.29. The van der Waals surface area contributed by atoms with Gasteiger partial charge in [0.15, 0.2) is 6.61 Å². The second kappa shape index (κ2) is 10.2. The molecule has 1 aromatic carbocycles. The summed E-state index contributed by atoms with van der Waals surface area (Å²) in [5.41, 5.74) is 0.248. The smallest absolute Gasteiger partial charge is 0.330 e. The van der Waals surface area contributed by atoms with Crippen molar-refractivity contribution in [2.24, 2.45) is 0 Å². The van der Waals surface area contributed by atoms with Crippen molar-refractivity contribution in [3.05, 3.63) is 30.4 Å². The molecular weight excluding hydrogens is 388 g/mol. The first-order valence-corrected chi connectivity index (χ1v) is 10.2. The van der Waals surface area contributed by atoms with Gasteiger partial charge in [0, 0.05) is 24.9 Å². The molecule has 1 fully saturated rings. The molecule has 0 aliphatic carbocycles. The maximum Gasteiger partial charge on any atom is 0.330 e. The van der Waals surface area contributed by atoms with Crippen LogP contribution in [-0.2, 0) is 29.1 Å². The molecule has 0 radical (unpaired) electrons. The number of anilines is 1. The Labute approximate surface area is 164 Å². The largest absolute Gasteiger partial charge is 0.495 e. The van der Waals surface area contributed by atoms with Crippen LogP contribution in [0.5, 0.6) is 5.75 Å². The Balaban J connectivity index is 2.12. The summed E-state index contributed by atoms with van der Waals surface area (Å²) in [7, 11) is -2.45. The number of methoxy groups -OCH3 is 1. The number of allylic oxidation sites excluding steroid dienone is 1. The molecule has 1 aliphatic rings. The van der Waals surface area contributed by atoms with E-state index in [4.69, 9.17) is 14.2 Å². The number of esters is 1. The van der Waals surface area contributed by atoms with Crippen LogP contribution in [0.15, 0.2) is 35.2 Å². The lowest BCUT2D eigenvalue weighted by molar-refractivity contribution is -0.142. The molecule has 28 heavy (non-hydrogen) atoms. The molecule has 0 bridgehead atoms. The highest BCUT2D eigenvalue weighted by Crippen LogP contribution is 2.30. The van der Waals surface area contributed by atoms with Gasteiger partial charge in [0.05, 0.1) is 20.3 Å². The van der Waals surface area contributed by atoms with E-state index in [2.05, 4.69) is 5.32 Å². The topological polar surface area (TPSA) is 111 Å². The van der Waals surface area contributed by atoms with E-state index in [1.54, 1.807) is 6.08 Å². The normalized spacial score (nSPS) is 15.4. The summed E-state index contributed by atoms with van der Waals surface area (Å²) in [5, 5.41) is 2.52. The average Bonchev–Trinajstić information content (AvgIpc) is 2.71. The van der Waals surface area contributed by atoms with Crippen LogP contribution in [0.25, 0.3) is 0 Å². The second-order valence-electron chi connectivity index (χ2n) is 5.85. The minimum absolute atomic E-state index is 0.0578. The van der Waals surface area contributed by atoms with E-state index in [9.17, 15) is 18.0 Å². The number of benzene rings is 1. The van der Waals surface area contributed by atoms with Crippen molar-refractivity contribution in [2.45, 2.75) is 18.2 Å². The van der Waals surface area contributed by atoms with Gasteiger partial charge in [-0.2, -0.15) is 4.31 Å². The molecule has 154 valence electrons. The van der Waals surface area contributed by atoms with Gasteiger partial charge in [-0.1, -0.05) is 13.0 Å². The van der Waals surface area contributed by atoms with Crippen molar-refractivity contribution in [3.8, 4) is 5.75 Å². The predicted molar refractivity (Wildman–Crippen MR) is 102 cm³/mol. The third kappa shape index (κ3) is 5.78. The number of ether oxygens (including phenoxy) is 3. The van der Waals surface area contributed by atoms with Gasteiger partial charge >= 0.3 is 5.97 Å². The Morgan fingerprint density at radius 3 is 2.64 bits per heavy atom. The van der Waals surface area contributed by atoms with Gasteiger partial charge in [0.25, 0.3) is 5.91 Å². The molecule has 9 nitrogen and oxygen atoms in total. The third-order valence-electron chi connectivity index (χ3n) is 3.87. The SMILES string of the molecule is CC/C=C/C(=O)OCC(=O)Nc1ccc(OC)c(S(=O)(=O)N2CCOCC2)c1. The Morgan fingerprint density at radius 2 is 2.00 bits per heavy atom. The number of rotatable bonds is 8. The first-order chi connectivity index (χ1) is 13.4. The van der Waals surface area contributed by atoms with E-state index in [0.29, 0.717) is 19.6 Å². The molecule has 1 N–H and O–H groups in total. The summed E-state index contributed by atoms with van der Waals surface area (Å²) >= 11 is 0. The second-order valence-corrected chi connectivity index (χ2v) is 7.75. The molecule has 2 rings (SSSR count). The number of hydrogen-bond acceptors (Lipinski definition) is 7. The third-order valence-corrected chi connectivity index (χ3v) is 5.79. The van der Waals surface area contributed by atoms with Crippen LogP contribution in [-0.4, -0.2) is 64.6 Å². The zero-order chi connectivity index (χ0) is 20.6. The van der Waals surface area contributed by atoms with E-state index in [-0.39, 0.29) is 29.4 Å². The van der Waals surface area contributed by atoms with Gasteiger partial charge in [0.2, 0.25) is 10.0 Å². The van der Waals surface area contributed by atoms with Crippen molar-refractivity contribution in [1.82, 2.24) is 4.31 Å². The van der Waals surface area contributed by atoms with Crippen molar-refractivity contribution in [2.75, 3.05) is 45.3 Å². The lowest BCUT2D eigenvalue weighted by Crippen LogP contribution is -2.40. The summed E-state index contributed by atoms with van der Waals surface area (Å²) in [6, 6.07) is 4.28. The van der Waals surface area contributed by atoms with Gasteiger partial charge < -0.3 is 19.5 Å². The molecule has 1 amide bonds. The molecule has 1 saturated heterocycles. The minimum Gasteiger partial charge on any atom is -0.495 e. The number of hydrogen-bond donors (Lipinski definition) is 1. The van der Waals surface area contributed by atoms with Gasteiger partial charge in [-0.25, -0.2) is 13.2 Å². The fraction of sp³-hybridized carbons (Fsp3) is 0.444. The van der Waals surface area contributed by atoms with Crippen LogP contribution in [0.1, 0.15) is 13.3 Å². The Bertz CT molecular complexity index is 830. The van der Waals surface area contributed by atoms with Crippen molar-refractivity contribution in [3.63, 3.8) is 0 Å². The number of nitrogens with zero attached hydrogens (tertiary/aromatic N) is 1. The van der Waals surface area contributed by atoms with E-state index < -0.39 is 28.5 Å². The number of nitrogens with one attached hydrogen (secondary N) is 1. The van der Waals surface area contributed by atoms with Crippen LogP contribution in [0.2, 0.25) is 0 Å². The lowest BCUT2D eigenvalue weighted by Gasteiger charge is -2.26. The van der Waals surface area contributed by atoms with E-state index in [0.717, 1.165) is 0 Å². The molecule has 0 spiro atoms. The minimum atomic E-state index is -3.82. The Hall–Kier alpha value is -2.43. The molecule has 1 aromatic rings. The highest BCUT2D eigenvalue weighted by molar-refractivity contribution is 7.89. The molecule has 10 heteroatoms. The number of carbonyl (C=O) groups is 2. The molecule has 1 aliphatic heterocycles. The fourth-order valence-corrected chi connectivity index (χ4v) is 4.07. The van der Waals surface area contributed by atoms with Crippen LogP contribution >= 0.6 is 0 Å². The van der Waals surface area contributed by atoms with Crippen LogP contribution in [0.4, 0.5) is 5.69 Å². The van der Waals surface area contributed by atoms with Gasteiger partial charge in [0.1, 0.15) is 10.6 Å². The van der Waals surface area contributed by atoms with Crippen molar-refractivity contribution in [1.29, 1.82) is 0 Å². The van der Waals surface area contributed by atoms with Gasteiger partial charge in [-0.3, -0.25) is 4.79 Å². The molecule has 0 saturated carbocycles. The summed E-state index contributed by atoms with van der Waals surface area (Å²) in [6.45, 7) is 2.49. The lowest BCUT2D eigenvalue weighted by atomic mass is 10.3. The van der Waals surface area contributed by atoms with Crippen molar-refractivity contribution < 1.29 is 32.2 Å². The maximum atomic E-state index is 12.9. The van der Waals surface area contributed by atoms with Gasteiger partial charge in [-0.15, -0.1) is 0 Å². The van der Waals surface area contributed by atoms with Crippen LogP contribution in [0, 0.1) is 0 Å². The summed E-state index contributed by atoms with van der Waals surface area (Å²) < 4.78 is 42.3. The summed E-state index contributed by atoms with van der Waals surface area (Å²) in [5.74, 6) is -1.04. The molecule has 0 atom stereocenters. The quantitative estimate of drug-likeness (QED) is 0.504. The average molecular weight is 412 g/mol. The van der Waals surface area contributed by atoms with Gasteiger partial charge in [-0.05, 0) is 24.6 Å². The molecule has 0 aromatic heterocycles. The first kappa shape index (κ1) is 21.9. The number of morpholine rings is 1. The Morgan fingerprint density at radius 1 is 1.29 bits per heavy atom. The zero-order valence-electron chi connectivity index (χ0n) is 15.8. The van der Waals surface area contributed by atoms with Crippen LogP contribution in [0.3, 0.4) is 0 Å². The molecular formula is C18H24N2O7S. The molecule has 0 unspecified atom stereocenters. The van der Waals surface area contributed by atoms with E-state index in [1.165, 1.54) is 35.7 Å². The monoisotopic (exact) mass is 412 g/mol. The zero-order valence-corrected chi connectivity index (χ0v) is 16.7. The first-order valence-electron chi connectivity index (χ1n) is 8.77. The fourth-order valence-electron chi connectivity index (χ4n) is 2.48. The number of carbonyl (C=O) groups excluding carboxylic acids is 2. The summed E-state index contributed by atoms with van der Waals surface area (Å²) in [4.78, 5) is 23.3. The summed E-state index contributed by atoms with van der Waals surface area (Å²) in [6.07, 6.45) is 3.54. The van der Waals surface area contributed by atoms with Crippen LogP contribution < -0.4 is 10.1 Å². The standard InChI is InChI=1S/C18H24N2O7S/c1-3-4-5-18(22)27-13-17(21)19-14-6-7-15(25-2)16(12-14)28(23,24)20-8-10-26-11-9-20/h4-7,12H,3,8-11,13H2,1-2H3,(H,19,21)/b5-4+. The molecule has 1 heterocycles. The maximum absolute atomic E-state index is 12.9. The predicted octanol–water partition coefficient (Wildman–Crippen LogP) is 1.16. The van der Waals surface area contributed by atoms with Crippen molar-refractivity contribution >= 4 is 27.6 Å².